The van der Waals surface area contributed by atoms with Crippen LogP contribution in [0.15, 0.2) is 22.8 Å². The van der Waals surface area contributed by atoms with Crippen LogP contribution in [-0.2, 0) is 9.47 Å². The van der Waals surface area contributed by atoms with Crippen molar-refractivity contribution >= 4 is 21.8 Å². The number of nitrogens with zero attached hydrogens (tertiary/aromatic N) is 2. The van der Waals surface area contributed by atoms with Gasteiger partial charge in [-0.2, -0.15) is 0 Å². The summed E-state index contributed by atoms with van der Waals surface area (Å²) in [4.78, 5) is 18.4. The maximum Gasteiger partial charge on any atom is 0.272 e. The number of hydrogen-bond donors (Lipinski definition) is 0. The highest BCUT2D eigenvalue weighted by molar-refractivity contribution is 9.10. The molecule has 0 radical (unpaired) electrons. The summed E-state index contributed by atoms with van der Waals surface area (Å²) in [6.07, 6.45) is 2.49. The fourth-order valence-electron chi connectivity index (χ4n) is 2.29. The summed E-state index contributed by atoms with van der Waals surface area (Å²) >= 11 is 3.31. The Morgan fingerprint density at radius 3 is 2.89 bits per heavy atom. The number of ether oxygens (including phenoxy) is 2. The Hall–Kier alpha value is -0.980. The third-order valence-corrected chi connectivity index (χ3v) is 3.74. The summed E-state index contributed by atoms with van der Waals surface area (Å²) < 4.78 is 11.4. The van der Waals surface area contributed by atoms with E-state index in [2.05, 4.69) is 20.9 Å². The minimum absolute atomic E-state index is 0.0490. The second-order valence-electron chi connectivity index (χ2n) is 4.52. The van der Waals surface area contributed by atoms with Gasteiger partial charge in [-0.1, -0.05) is 0 Å². The molecule has 2 heterocycles. The summed E-state index contributed by atoms with van der Waals surface area (Å²) in [6, 6.07) is 3.58. The predicted molar refractivity (Wildman–Crippen MR) is 74.1 cm³/mol. The summed E-state index contributed by atoms with van der Waals surface area (Å²) in [7, 11) is 3.31. The van der Waals surface area contributed by atoms with Gasteiger partial charge in [0.2, 0.25) is 0 Å². The highest BCUT2D eigenvalue weighted by atomic mass is 79.9. The summed E-state index contributed by atoms with van der Waals surface area (Å²) in [5.41, 5.74) is 0.445. The first-order valence-corrected chi connectivity index (χ1v) is 6.89. The van der Waals surface area contributed by atoms with Gasteiger partial charge in [0.05, 0.1) is 18.8 Å². The van der Waals surface area contributed by atoms with Crippen LogP contribution >= 0.6 is 15.9 Å². The van der Waals surface area contributed by atoms with E-state index in [4.69, 9.17) is 9.47 Å². The molecular formula is C13H17BrN2O3. The minimum atomic E-state index is -0.0749. The van der Waals surface area contributed by atoms with E-state index >= 15 is 0 Å². The van der Waals surface area contributed by atoms with E-state index in [1.807, 2.05) is 6.07 Å². The van der Waals surface area contributed by atoms with E-state index in [0.29, 0.717) is 18.8 Å². The van der Waals surface area contributed by atoms with Crippen molar-refractivity contribution in [1.29, 1.82) is 0 Å². The van der Waals surface area contributed by atoms with Gasteiger partial charge < -0.3 is 14.4 Å². The minimum Gasteiger partial charge on any atom is -0.383 e. The molecular weight excluding hydrogens is 312 g/mol. The van der Waals surface area contributed by atoms with Gasteiger partial charge in [-0.3, -0.25) is 4.79 Å². The Bertz CT molecular complexity index is 438. The van der Waals surface area contributed by atoms with Crippen LogP contribution in [0, 0.1) is 0 Å². The largest absolute Gasteiger partial charge is 0.383 e. The van der Waals surface area contributed by atoms with Gasteiger partial charge in [0, 0.05) is 31.4 Å². The van der Waals surface area contributed by atoms with Crippen LogP contribution in [-0.4, -0.2) is 55.3 Å². The first-order valence-electron chi connectivity index (χ1n) is 6.10. The topological polar surface area (TPSA) is 51.7 Å². The number of methoxy groups -OCH3 is 2. The molecule has 0 aromatic carbocycles. The van der Waals surface area contributed by atoms with Gasteiger partial charge in [-0.05, 0) is 34.5 Å². The fourth-order valence-corrected chi connectivity index (χ4v) is 2.53. The Labute approximate surface area is 121 Å². The van der Waals surface area contributed by atoms with Crippen molar-refractivity contribution in [3.63, 3.8) is 0 Å². The molecule has 19 heavy (non-hydrogen) atoms. The molecule has 0 spiro atoms. The van der Waals surface area contributed by atoms with E-state index in [-0.39, 0.29) is 18.1 Å². The van der Waals surface area contributed by atoms with Gasteiger partial charge in [0.15, 0.2) is 0 Å². The van der Waals surface area contributed by atoms with Gasteiger partial charge in [0.25, 0.3) is 5.91 Å². The van der Waals surface area contributed by atoms with Crippen LogP contribution in [0.1, 0.15) is 16.9 Å². The van der Waals surface area contributed by atoms with Crippen LogP contribution in [0.25, 0.3) is 0 Å². The molecule has 1 aliphatic rings. The number of hydrogen-bond acceptors (Lipinski definition) is 4. The molecule has 2 rings (SSSR count). The predicted octanol–water partition coefficient (Wildman–Crippen LogP) is 1.72. The summed E-state index contributed by atoms with van der Waals surface area (Å²) in [5, 5.41) is 0. The number of amides is 1. The van der Waals surface area contributed by atoms with Crippen LogP contribution in [0.4, 0.5) is 0 Å². The van der Waals surface area contributed by atoms with Gasteiger partial charge in [-0.25, -0.2) is 4.98 Å². The molecule has 0 bridgehead atoms. The van der Waals surface area contributed by atoms with Crippen LogP contribution in [0.5, 0.6) is 0 Å². The maximum absolute atomic E-state index is 12.4. The lowest BCUT2D eigenvalue weighted by Gasteiger charge is -2.23. The molecule has 1 amide bonds. The van der Waals surface area contributed by atoms with Crippen molar-refractivity contribution < 1.29 is 14.3 Å². The Kier molecular flexibility index (Phi) is 4.90. The Balaban J connectivity index is 2.14. The number of likely N-dealkylation sites (tertiary alicyclic amines) is 1. The van der Waals surface area contributed by atoms with Crippen LogP contribution < -0.4 is 0 Å². The highest BCUT2D eigenvalue weighted by Crippen LogP contribution is 2.22. The first kappa shape index (κ1) is 14.4. The molecule has 1 aromatic rings. The van der Waals surface area contributed by atoms with Gasteiger partial charge in [-0.15, -0.1) is 0 Å². The number of rotatable bonds is 4. The number of carbonyl (C=O) groups excluding carboxylic acids is 1. The molecule has 1 saturated heterocycles. The van der Waals surface area contributed by atoms with Crippen molar-refractivity contribution in [2.24, 2.45) is 0 Å². The zero-order valence-electron chi connectivity index (χ0n) is 11.0. The zero-order valence-corrected chi connectivity index (χ0v) is 12.6. The molecule has 0 aliphatic carbocycles. The van der Waals surface area contributed by atoms with E-state index in [9.17, 15) is 4.79 Å². The standard InChI is InChI=1S/C13H17BrN2O3/c1-18-8-10-5-11(19-2)7-16(10)13(17)12-4-3-9(14)6-15-12/h3-4,6,10-11H,5,7-8H2,1-2H3/t10-,11-/m0/s1. The number of aromatic nitrogens is 1. The van der Waals surface area contributed by atoms with Crippen molar-refractivity contribution in [2.75, 3.05) is 27.4 Å². The molecule has 104 valence electrons. The third kappa shape index (κ3) is 3.32. The van der Waals surface area contributed by atoms with Gasteiger partial charge in [0.1, 0.15) is 5.69 Å². The van der Waals surface area contributed by atoms with E-state index in [1.54, 1.807) is 31.4 Å². The maximum atomic E-state index is 12.4. The van der Waals surface area contributed by atoms with Crippen molar-refractivity contribution in [3.8, 4) is 0 Å². The van der Waals surface area contributed by atoms with Gasteiger partial charge >= 0.3 is 0 Å². The summed E-state index contributed by atoms with van der Waals surface area (Å²) in [6.45, 7) is 1.10. The van der Waals surface area contributed by atoms with E-state index < -0.39 is 0 Å². The number of carbonyl (C=O) groups is 1. The lowest BCUT2D eigenvalue weighted by molar-refractivity contribution is 0.0606. The van der Waals surface area contributed by atoms with Crippen LogP contribution in [0.2, 0.25) is 0 Å². The second kappa shape index (κ2) is 6.45. The molecule has 2 atom stereocenters. The smallest absolute Gasteiger partial charge is 0.272 e. The average molecular weight is 329 g/mol. The molecule has 1 fully saturated rings. The Morgan fingerprint density at radius 1 is 1.53 bits per heavy atom. The second-order valence-corrected chi connectivity index (χ2v) is 5.44. The molecule has 1 aliphatic heterocycles. The van der Waals surface area contributed by atoms with Crippen molar-refractivity contribution in [1.82, 2.24) is 9.88 Å². The molecule has 5 nitrogen and oxygen atoms in total. The average Bonchev–Trinajstić information content (AvgIpc) is 2.82. The molecule has 0 saturated carbocycles. The molecule has 0 N–H and O–H groups in total. The van der Waals surface area contributed by atoms with Crippen molar-refractivity contribution in [2.45, 2.75) is 18.6 Å². The molecule has 1 aromatic heterocycles. The molecule has 0 unspecified atom stereocenters. The fraction of sp³-hybridized carbons (Fsp3) is 0.538. The lowest BCUT2D eigenvalue weighted by atomic mass is 10.2. The SMILES string of the molecule is COC[C@@H]1C[C@H](OC)CN1C(=O)c1ccc(Br)cn1. The first-order chi connectivity index (χ1) is 9.15. The lowest BCUT2D eigenvalue weighted by Crippen LogP contribution is -2.38. The summed E-state index contributed by atoms with van der Waals surface area (Å²) in [5.74, 6) is -0.0749. The Morgan fingerprint density at radius 2 is 2.32 bits per heavy atom. The monoisotopic (exact) mass is 328 g/mol. The number of pyridine rings is 1. The molecule has 6 heteroatoms. The quantitative estimate of drug-likeness (QED) is 0.844. The zero-order chi connectivity index (χ0) is 13.8. The normalized spacial score (nSPS) is 22.8. The van der Waals surface area contributed by atoms with E-state index in [0.717, 1.165) is 10.9 Å². The van der Waals surface area contributed by atoms with Crippen molar-refractivity contribution in [3.05, 3.63) is 28.5 Å². The number of halogens is 1. The highest BCUT2D eigenvalue weighted by Gasteiger charge is 2.36. The van der Waals surface area contributed by atoms with E-state index in [1.165, 1.54) is 0 Å². The van der Waals surface area contributed by atoms with Crippen LogP contribution in [0.3, 0.4) is 0 Å². The third-order valence-electron chi connectivity index (χ3n) is 3.28.